The second kappa shape index (κ2) is 11.3. The maximum Gasteiger partial charge on any atom is 0.319 e. The summed E-state index contributed by atoms with van der Waals surface area (Å²) in [4.78, 5) is 18.0. The number of carbonyl (C=O) groups is 1. The number of sulfonamides is 1. The summed E-state index contributed by atoms with van der Waals surface area (Å²) in [6, 6.07) is 10.4. The van der Waals surface area contributed by atoms with Gasteiger partial charge in [-0.25, -0.2) is 27.3 Å². The highest BCUT2D eigenvalue weighted by Crippen LogP contribution is 2.39. The smallest absolute Gasteiger partial charge is 0.319 e. The van der Waals surface area contributed by atoms with Crippen molar-refractivity contribution in [3.05, 3.63) is 65.0 Å². The Balaban J connectivity index is 1.60. The number of hydrogen-bond acceptors (Lipinski definition) is 5. The molecule has 1 aliphatic rings. The molecule has 1 fully saturated rings. The third kappa shape index (κ3) is 7.15. The number of benzene rings is 2. The van der Waals surface area contributed by atoms with Crippen LogP contribution in [0.2, 0.25) is 0 Å². The molecule has 2 aromatic carbocycles. The first kappa shape index (κ1) is 27.2. The van der Waals surface area contributed by atoms with E-state index in [2.05, 4.69) is 20.3 Å². The van der Waals surface area contributed by atoms with Crippen molar-refractivity contribution >= 4 is 33.1 Å². The van der Waals surface area contributed by atoms with Crippen molar-refractivity contribution in [2.45, 2.75) is 75.8 Å². The largest absolute Gasteiger partial charge is 0.334 e. The van der Waals surface area contributed by atoms with Gasteiger partial charge in [0.1, 0.15) is 5.82 Å². The SMILES string of the molecule is CC(C)(C)NS(=O)(=O)c1cc(NC(=O)NCc2ccccc2F)ccc1-c1cnc(C2CCCCC2)s1. The van der Waals surface area contributed by atoms with Gasteiger partial charge in [-0.05, 0) is 51.8 Å². The van der Waals surface area contributed by atoms with Crippen LogP contribution in [0.4, 0.5) is 14.9 Å². The van der Waals surface area contributed by atoms with Crippen LogP contribution in [0.1, 0.15) is 69.4 Å². The lowest BCUT2D eigenvalue weighted by Gasteiger charge is -2.22. The molecule has 0 saturated heterocycles. The molecule has 4 rings (SSSR count). The Bertz CT molecular complexity index is 1360. The number of nitrogens with one attached hydrogen (secondary N) is 3. The standard InChI is InChI=1S/C27H33FN4O3S2/c1-27(2,3)32-37(34,35)24-15-20(31-26(33)30-16-19-11-7-8-12-22(19)28)13-14-21(24)23-17-29-25(36-23)18-9-5-4-6-10-18/h7-8,11-15,17-18,32H,4-6,9-10,16H2,1-3H3,(H2,30,31,33). The van der Waals surface area contributed by atoms with Crippen molar-refractivity contribution in [2.24, 2.45) is 0 Å². The minimum Gasteiger partial charge on any atom is -0.334 e. The van der Waals surface area contributed by atoms with E-state index in [0.29, 0.717) is 22.7 Å². The van der Waals surface area contributed by atoms with Crippen LogP contribution in [0.3, 0.4) is 0 Å². The quantitative estimate of drug-likeness (QED) is 0.321. The van der Waals surface area contributed by atoms with E-state index in [1.54, 1.807) is 57.3 Å². The first-order valence-corrected chi connectivity index (χ1v) is 14.7. The van der Waals surface area contributed by atoms with Gasteiger partial charge in [-0.2, -0.15) is 0 Å². The summed E-state index contributed by atoms with van der Waals surface area (Å²) < 4.78 is 43.5. The highest BCUT2D eigenvalue weighted by Gasteiger charge is 2.27. The zero-order valence-electron chi connectivity index (χ0n) is 21.3. The van der Waals surface area contributed by atoms with E-state index < -0.39 is 27.4 Å². The average Bonchev–Trinajstić information content (AvgIpc) is 3.33. The van der Waals surface area contributed by atoms with Crippen LogP contribution in [-0.2, 0) is 16.6 Å². The van der Waals surface area contributed by atoms with Crippen LogP contribution in [0.5, 0.6) is 0 Å². The number of carbonyl (C=O) groups excluding carboxylic acids is 1. The molecule has 0 atom stereocenters. The van der Waals surface area contributed by atoms with Gasteiger partial charge in [0.2, 0.25) is 10.0 Å². The molecule has 0 bridgehead atoms. The molecule has 0 radical (unpaired) electrons. The summed E-state index contributed by atoms with van der Waals surface area (Å²) in [5, 5.41) is 6.31. The van der Waals surface area contributed by atoms with E-state index in [1.807, 2.05) is 0 Å². The molecule has 1 aliphatic carbocycles. The van der Waals surface area contributed by atoms with Crippen LogP contribution >= 0.6 is 11.3 Å². The summed E-state index contributed by atoms with van der Waals surface area (Å²) in [5.41, 5.74) is 0.497. The topological polar surface area (TPSA) is 100 Å². The van der Waals surface area contributed by atoms with Gasteiger partial charge in [-0.1, -0.05) is 43.5 Å². The molecule has 1 aromatic heterocycles. The van der Waals surface area contributed by atoms with Crippen molar-refractivity contribution < 1.29 is 17.6 Å². The number of anilines is 1. The second-order valence-corrected chi connectivity index (χ2v) is 13.1. The number of amides is 2. The minimum absolute atomic E-state index is 0.00185. The Morgan fingerprint density at radius 2 is 1.84 bits per heavy atom. The fourth-order valence-corrected chi connectivity index (χ4v) is 7.28. The van der Waals surface area contributed by atoms with Gasteiger partial charge in [0.05, 0.1) is 14.8 Å². The first-order chi connectivity index (χ1) is 17.5. The predicted molar refractivity (Wildman–Crippen MR) is 146 cm³/mol. The third-order valence-electron chi connectivity index (χ3n) is 6.11. The normalized spacial score (nSPS) is 14.9. The molecular formula is C27H33FN4O3S2. The number of nitrogens with zero attached hydrogens (tertiary/aromatic N) is 1. The van der Waals surface area contributed by atoms with Crippen molar-refractivity contribution in [1.82, 2.24) is 15.0 Å². The minimum atomic E-state index is -3.92. The molecule has 0 unspecified atom stereocenters. The highest BCUT2D eigenvalue weighted by molar-refractivity contribution is 7.89. The molecule has 1 heterocycles. The number of thiazole rings is 1. The Labute approximate surface area is 222 Å². The lowest BCUT2D eigenvalue weighted by molar-refractivity contribution is 0.251. The molecule has 1 saturated carbocycles. The van der Waals surface area contributed by atoms with Crippen LogP contribution < -0.4 is 15.4 Å². The summed E-state index contributed by atoms with van der Waals surface area (Å²) in [6.45, 7) is 5.32. The van der Waals surface area contributed by atoms with Crippen LogP contribution in [-0.4, -0.2) is 25.0 Å². The Hall–Kier alpha value is -2.82. The molecule has 0 spiro atoms. The van der Waals surface area contributed by atoms with E-state index in [0.717, 1.165) is 22.7 Å². The molecule has 10 heteroatoms. The summed E-state index contributed by atoms with van der Waals surface area (Å²) >= 11 is 1.53. The summed E-state index contributed by atoms with van der Waals surface area (Å²) in [7, 11) is -3.92. The van der Waals surface area contributed by atoms with Crippen LogP contribution in [0, 0.1) is 5.82 Å². The van der Waals surface area contributed by atoms with Gasteiger partial charge in [-0.15, -0.1) is 11.3 Å². The Kier molecular flexibility index (Phi) is 8.30. The summed E-state index contributed by atoms with van der Waals surface area (Å²) in [5.74, 6) is 0.00489. The number of urea groups is 1. The molecule has 3 aromatic rings. The van der Waals surface area contributed by atoms with E-state index in [4.69, 9.17) is 0 Å². The second-order valence-electron chi connectivity index (χ2n) is 10.4. The van der Waals surface area contributed by atoms with E-state index >= 15 is 0 Å². The Morgan fingerprint density at radius 3 is 2.54 bits per heavy atom. The maximum absolute atomic E-state index is 13.9. The van der Waals surface area contributed by atoms with Gasteiger partial charge in [0.25, 0.3) is 0 Å². The summed E-state index contributed by atoms with van der Waals surface area (Å²) in [6.07, 6.45) is 7.58. The molecule has 2 amide bonds. The average molecular weight is 545 g/mol. The Morgan fingerprint density at radius 1 is 1.11 bits per heavy atom. The van der Waals surface area contributed by atoms with Crippen molar-refractivity contribution in [1.29, 1.82) is 0 Å². The van der Waals surface area contributed by atoms with Crippen molar-refractivity contribution in [3.63, 3.8) is 0 Å². The van der Waals surface area contributed by atoms with Gasteiger partial charge in [0.15, 0.2) is 0 Å². The highest BCUT2D eigenvalue weighted by atomic mass is 32.2. The molecule has 3 N–H and O–H groups in total. The lowest BCUT2D eigenvalue weighted by atomic mass is 9.90. The van der Waals surface area contributed by atoms with Gasteiger partial charge < -0.3 is 10.6 Å². The van der Waals surface area contributed by atoms with Gasteiger partial charge >= 0.3 is 6.03 Å². The fraction of sp³-hybridized carbons (Fsp3) is 0.407. The molecule has 7 nitrogen and oxygen atoms in total. The van der Waals surface area contributed by atoms with Crippen molar-refractivity contribution in [2.75, 3.05) is 5.32 Å². The van der Waals surface area contributed by atoms with E-state index in [-0.39, 0.29) is 11.4 Å². The van der Waals surface area contributed by atoms with E-state index in [1.165, 1.54) is 42.7 Å². The zero-order chi connectivity index (χ0) is 26.6. The van der Waals surface area contributed by atoms with E-state index in [9.17, 15) is 17.6 Å². The fourth-order valence-electron chi connectivity index (χ4n) is 4.43. The monoisotopic (exact) mass is 544 g/mol. The molecule has 0 aliphatic heterocycles. The third-order valence-corrected chi connectivity index (χ3v) is 9.10. The maximum atomic E-state index is 13.9. The first-order valence-electron chi connectivity index (χ1n) is 12.4. The number of aromatic nitrogens is 1. The van der Waals surface area contributed by atoms with Gasteiger partial charge in [-0.3, -0.25) is 0 Å². The lowest BCUT2D eigenvalue weighted by Crippen LogP contribution is -2.40. The number of halogens is 1. The molecule has 198 valence electrons. The predicted octanol–water partition coefficient (Wildman–Crippen LogP) is 6.40. The molecular weight excluding hydrogens is 511 g/mol. The van der Waals surface area contributed by atoms with Crippen LogP contribution in [0.25, 0.3) is 10.4 Å². The number of hydrogen-bond donors (Lipinski definition) is 3. The van der Waals surface area contributed by atoms with Crippen molar-refractivity contribution in [3.8, 4) is 10.4 Å². The number of rotatable bonds is 7. The zero-order valence-corrected chi connectivity index (χ0v) is 22.9. The van der Waals surface area contributed by atoms with Gasteiger partial charge in [0, 0.05) is 41.0 Å². The van der Waals surface area contributed by atoms with Crippen LogP contribution in [0.15, 0.2) is 53.6 Å². The molecule has 37 heavy (non-hydrogen) atoms.